The largest absolute Gasteiger partial charge is 0.492 e. The number of halogens is 2. The van der Waals surface area contributed by atoms with E-state index in [1.165, 1.54) is 30.3 Å². The van der Waals surface area contributed by atoms with E-state index in [0.717, 1.165) is 42.0 Å². The van der Waals surface area contributed by atoms with E-state index in [0.29, 0.717) is 54.5 Å². The summed E-state index contributed by atoms with van der Waals surface area (Å²) in [5.74, 6) is -3.50. The predicted octanol–water partition coefficient (Wildman–Crippen LogP) is 4.39. The number of carboxylic acids is 1. The van der Waals surface area contributed by atoms with Crippen molar-refractivity contribution in [3.05, 3.63) is 88.3 Å². The molecule has 2 fully saturated rings. The summed E-state index contributed by atoms with van der Waals surface area (Å²) < 4.78 is 39.2. The van der Waals surface area contributed by atoms with Crippen LogP contribution in [0.5, 0.6) is 5.75 Å². The van der Waals surface area contributed by atoms with Gasteiger partial charge >= 0.3 is 5.97 Å². The van der Waals surface area contributed by atoms with Crippen molar-refractivity contribution in [1.82, 2.24) is 15.3 Å². The highest BCUT2D eigenvalue weighted by Crippen LogP contribution is 2.35. The van der Waals surface area contributed by atoms with Gasteiger partial charge in [0.2, 0.25) is 5.91 Å². The fourth-order valence-electron chi connectivity index (χ4n) is 4.55. The van der Waals surface area contributed by atoms with Crippen molar-refractivity contribution in [2.75, 3.05) is 51.3 Å². The number of amides is 2. The van der Waals surface area contributed by atoms with Crippen LogP contribution in [-0.4, -0.2) is 83.1 Å². The highest BCUT2D eigenvalue weighted by molar-refractivity contribution is 8.26. The van der Waals surface area contributed by atoms with Crippen LogP contribution in [-0.2, 0) is 14.3 Å². The maximum absolute atomic E-state index is 14.0. The van der Waals surface area contributed by atoms with Crippen molar-refractivity contribution in [3.63, 3.8) is 0 Å². The molecule has 5 rings (SSSR count). The van der Waals surface area contributed by atoms with E-state index in [-0.39, 0.29) is 21.3 Å². The molecule has 2 saturated heterocycles. The number of thiocarbonyl (C=S) groups is 1. The summed E-state index contributed by atoms with van der Waals surface area (Å²) in [5.41, 5.74) is 4.76. The second kappa shape index (κ2) is 14.7. The Kier molecular flexibility index (Phi) is 10.5. The first-order valence-corrected chi connectivity index (χ1v) is 15.1. The molecule has 0 radical (unpaired) electrons. The predicted molar refractivity (Wildman–Crippen MR) is 170 cm³/mol. The van der Waals surface area contributed by atoms with Crippen molar-refractivity contribution in [2.24, 2.45) is 0 Å². The van der Waals surface area contributed by atoms with Crippen LogP contribution in [0, 0.1) is 11.6 Å². The van der Waals surface area contributed by atoms with Crippen LogP contribution in [0.2, 0.25) is 0 Å². The van der Waals surface area contributed by atoms with Gasteiger partial charge < -0.3 is 19.9 Å². The Morgan fingerprint density at radius 3 is 2.44 bits per heavy atom. The van der Waals surface area contributed by atoms with E-state index in [1.54, 1.807) is 24.3 Å². The molecular formula is C31H28F2N4O6S2. The minimum atomic E-state index is -1.08. The molecule has 0 spiro atoms. The Morgan fingerprint density at radius 2 is 1.73 bits per heavy atom. The Labute approximate surface area is 266 Å². The Balaban J connectivity index is 1.30. The zero-order chi connectivity index (χ0) is 31.9. The second-order valence-corrected chi connectivity index (χ2v) is 11.6. The van der Waals surface area contributed by atoms with Crippen molar-refractivity contribution in [1.29, 1.82) is 0 Å². The maximum atomic E-state index is 14.0. The van der Waals surface area contributed by atoms with Gasteiger partial charge in [-0.15, -0.1) is 0 Å². The fraction of sp³-hybridized carbons (Fsp3) is 0.226. The van der Waals surface area contributed by atoms with Gasteiger partial charge in [0.15, 0.2) is 16.0 Å². The average Bonchev–Trinajstić information content (AvgIpc) is 3.30. The molecule has 0 unspecified atom stereocenters. The lowest BCUT2D eigenvalue weighted by molar-refractivity contribution is -0.124. The standard InChI is InChI=1S/C31H28F2N4O6S2/c32-24-7-3-21(16-25(24)33)20-4-8-26(43-14-11-36-9-12-42-13-10-36)22(15-20)17-27-29(39)37(31(44)45-27)34-18-28(38)35-23-5-1-19(2-6-23)30(40)41/h1-8,15-17,34H,9-14,18H2,(H,35,38)(H,40,41)/b27-17-. The smallest absolute Gasteiger partial charge is 0.335 e. The Morgan fingerprint density at radius 1 is 1.02 bits per heavy atom. The summed E-state index contributed by atoms with van der Waals surface area (Å²) >= 11 is 6.42. The number of nitrogens with one attached hydrogen (secondary N) is 2. The minimum Gasteiger partial charge on any atom is -0.492 e. The van der Waals surface area contributed by atoms with E-state index in [2.05, 4.69) is 15.6 Å². The van der Waals surface area contributed by atoms with Gasteiger partial charge in [0.25, 0.3) is 5.91 Å². The number of hydrogen-bond acceptors (Lipinski definition) is 9. The molecule has 10 nitrogen and oxygen atoms in total. The second-order valence-electron chi connectivity index (χ2n) is 9.97. The first kappa shape index (κ1) is 32.2. The highest BCUT2D eigenvalue weighted by atomic mass is 32.2. The van der Waals surface area contributed by atoms with Gasteiger partial charge in [-0.2, -0.15) is 0 Å². The molecule has 2 amide bonds. The van der Waals surface area contributed by atoms with E-state index in [1.807, 2.05) is 0 Å². The van der Waals surface area contributed by atoms with Crippen molar-refractivity contribution < 1.29 is 37.7 Å². The van der Waals surface area contributed by atoms with Gasteiger partial charge in [-0.1, -0.05) is 36.1 Å². The van der Waals surface area contributed by atoms with Crippen molar-refractivity contribution in [2.45, 2.75) is 0 Å². The number of rotatable bonds is 11. The van der Waals surface area contributed by atoms with Gasteiger partial charge in [0.1, 0.15) is 12.4 Å². The van der Waals surface area contributed by atoms with Gasteiger partial charge in [-0.3, -0.25) is 14.5 Å². The zero-order valence-corrected chi connectivity index (χ0v) is 25.4. The third kappa shape index (κ3) is 8.29. The SMILES string of the molecule is O=C(CNN1C(=O)/C(=C/c2cc(-c3ccc(F)c(F)c3)ccc2OCCN2CCOCC2)SC1=S)Nc1ccc(C(=O)O)cc1. The Bertz CT molecular complexity index is 1650. The molecule has 14 heteroatoms. The number of morpholine rings is 1. The number of carbonyl (C=O) groups excluding carboxylic acids is 2. The number of carboxylic acid groups (broad SMARTS) is 1. The molecular weight excluding hydrogens is 626 g/mol. The van der Waals surface area contributed by atoms with Crippen LogP contribution in [0.15, 0.2) is 65.6 Å². The van der Waals surface area contributed by atoms with Crippen LogP contribution in [0.25, 0.3) is 17.2 Å². The van der Waals surface area contributed by atoms with E-state index in [9.17, 15) is 23.2 Å². The summed E-state index contributed by atoms with van der Waals surface area (Å²) in [7, 11) is 0. The summed E-state index contributed by atoms with van der Waals surface area (Å²) in [6, 6.07) is 14.4. The molecule has 0 aromatic heterocycles. The molecule has 0 aliphatic carbocycles. The van der Waals surface area contributed by atoms with Gasteiger partial charge in [-0.05, 0) is 65.7 Å². The number of hydrazine groups is 1. The molecule has 2 aliphatic rings. The number of anilines is 1. The third-order valence-corrected chi connectivity index (χ3v) is 8.23. The number of ether oxygens (including phenoxy) is 2. The molecule has 3 N–H and O–H groups in total. The monoisotopic (exact) mass is 654 g/mol. The number of nitrogens with zero attached hydrogens (tertiary/aromatic N) is 2. The normalized spacial score (nSPS) is 16.3. The van der Waals surface area contributed by atoms with E-state index >= 15 is 0 Å². The summed E-state index contributed by atoms with van der Waals surface area (Å²) in [6.45, 7) is 3.68. The Hall–Kier alpha value is -4.21. The number of carbonyl (C=O) groups is 3. The minimum absolute atomic E-state index is 0.0801. The quantitative estimate of drug-likeness (QED) is 0.203. The lowest BCUT2D eigenvalue weighted by Gasteiger charge is -2.26. The van der Waals surface area contributed by atoms with Gasteiger partial charge in [0, 0.05) is 30.9 Å². The van der Waals surface area contributed by atoms with Crippen molar-refractivity contribution >= 4 is 57.8 Å². The van der Waals surface area contributed by atoms with Crippen molar-refractivity contribution in [3.8, 4) is 16.9 Å². The lowest BCUT2D eigenvalue weighted by atomic mass is 10.0. The van der Waals surface area contributed by atoms with E-state index in [4.69, 9.17) is 26.8 Å². The summed E-state index contributed by atoms with van der Waals surface area (Å²) in [5, 5.41) is 12.7. The summed E-state index contributed by atoms with van der Waals surface area (Å²) in [4.78, 5) is 39.3. The number of aromatic carboxylic acids is 1. The topological polar surface area (TPSA) is 120 Å². The molecule has 2 heterocycles. The van der Waals surface area contributed by atoms with Gasteiger partial charge in [-0.25, -0.2) is 24.0 Å². The van der Waals surface area contributed by atoms with E-state index < -0.39 is 29.4 Å². The maximum Gasteiger partial charge on any atom is 0.335 e. The first-order chi connectivity index (χ1) is 21.7. The lowest BCUT2D eigenvalue weighted by Crippen LogP contribution is -2.44. The summed E-state index contributed by atoms with van der Waals surface area (Å²) in [6.07, 6.45) is 1.61. The number of hydrogen-bond donors (Lipinski definition) is 3. The van der Waals surface area contributed by atoms with Crippen LogP contribution < -0.4 is 15.5 Å². The van der Waals surface area contributed by atoms with Crippen LogP contribution in [0.4, 0.5) is 14.5 Å². The molecule has 0 atom stereocenters. The first-order valence-electron chi connectivity index (χ1n) is 13.8. The zero-order valence-electron chi connectivity index (χ0n) is 23.8. The average molecular weight is 655 g/mol. The number of thioether (sulfide) groups is 1. The molecule has 234 valence electrons. The molecule has 2 aliphatic heterocycles. The highest BCUT2D eigenvalue weighted by Gasteiger charge is 2.33. The molecule has 3 aromatic carbocycles. The van der Waals surface area contributed by atoms with Crippen LogP contribution in [0.3, 0.4) is 0 Å². The fourth-order valence-corrected chi connectivity index (χ4v) is 5.76. The molecule has 45 heavy (non-hydrogen) atoms. The van der Waals surface area contributed by atoms with Crippen LogP contribution >= 0.6 is 24.0 Å². The molecule has 3 aromatic rings. The van der Waals surface area contributed by atoms with Crippen LogP contribution in [0.1, 0.15) is 15.9 Å². The molecule has 0 saturated carbocycles. The molecule has 0 bridgehead atoms. The van der Waals surface area contributed by atoms with Gasteiger partial charge in [0.05, 0.1) is 30.2 Å². The third-order valence-electron chi connectivity index (χ3n) is 6.93. The number of benzene rings is 3.